The number of aromatic nitrogens is 3. The molecule has 2 N–H and O–H groups in total. The van der Waals surface area contributed by atoms with Crippen molar-refractivity contribution in [3.63, 3.8) is 0 Å². The highest BCUT2D eigenvalue weighted by Crippen LogP contribution is 2.05. The van der Waals surface area contributed by atoms with Crippen LogP contribution in [-0.2, 0) is 17.8 Å². The van der Waals surface area contributed by atoms with Crippen LogP contribution >= 0.6 is 0 Å². The number of aliphatic imine (C=N–C) groups is 1. The minimum atomic E-state index is 0.627. The van der Waals surface area contributed by atoms with E-state index in [-0.39, 0.29) is 0 Å². The van der Waals surface area contributed by atoms with Crippen molar-refractivity contribution in [3.05, 3.63) is 66.1 Å². The van der Waals surface area contributed by atoms with Gasteiger partial charge in [0.25, 0.3) is 0 Å². The van der Waals surface area contributed by atoms with E-state index in [0.717, 1.165) is 43.4 Å². The Bertz CT molecular complexity index is 861. The molecule has 3 rings (SSSR count). The van der Waals surface area contributed by atoms with Crippen LogP contribution < -0.4 is 10.6 Å². The lowest BCUT2D eigenvalue weighted by Gasteiger charge is -2.11. The molecule has 28 heavy (non-hydrogen) atoms. The lowest BCUT2D eigenvalue weighted by Crippen LogP contribution is -2.39. The van der Waals surface area contributed by atoms with Gasteiger partial charge in [0.1, 0.15) is 5.82 Å². The van der Waals surface area contributed by atoms with Crippen molar-refractivity contribution >= 4 is 11.6 Å². The maximum Gasteiger partial charge on any atom is 0.191 e. The molecule has 0 atom stereocenters. The fourth-order valence-electron chi connectivity index (χ4n) is 2.84. The summed E-state index contributed by atoms with van der Waals surface area (Å²) in [5, 5.41) is 15.0. The summed E-state index contributed by atoms with van der Waals surface area (Å²) in [5.74, 6) is 1.79. The minimum Gasteiger partial charge on any atom is -0.375 e. The highest BCUT2D eigenvalue weighted by molar-refractivity contribution is 5.79. The number of hydrogen-bond donors (Lipinski definition) is 2. The number of pyridine rings is 1. The molecule has 0 radical (unpaired) electrons. The number of ether oxygens (including phenoxy) is 1. The topological polar surface area (TPSA) is 75.8 Å². The Morgan fingerprint density at radius 2 is 1.93 bits per heavy atom. The van der Waals surface area contributed by atoms with Gasteiger partial charge in [-0.25, -0.2) is 0 Å². The van der Waals surface area contributed by atoms with Crippen LogP contribution in [0.3, 0.4) is 0 Å². The molecule has 0 saturated heterocycles. The number of hydrogen-bond acceptors (Lipinski definition) is 4. The summed E-state index contributed by atoms with van der Waals surface area (Å²) in [6, 6.07) is 16.1. The van der Waals surface area contributed by atoms with Gasteiger partial charge < -0.3 is 15.4 Å². The first-order valence-corrected chi connectivity index (χ1v) is 9.79. The second-order valence-electron chi connectivity index (χ2n) is 6.37. The zero-order valence-corrected chi connectivity index (χ0v) is 16.3. The molecule has 0 unspecified atom stereocenters. The zero-order chi connectivity index (χ0) is 19.4. The van der Waals surface area contributed by atoms with Crippen molar-refractivity contribution in [2.75, 3.05) is 26.2 Å². The van der Waals surface area contributed by atoms with Crippen molar-refractivity contribution in [2.45, 2.75) is 26.4 Å². The molecule has 0 amide bonds. The van der Waals surface area contributed by atoms with Crippen molar-refractivity contribution in [3.8, 4) is 0 Å². The third-order valence-corrected chi connectivity index (χ3v) is 4.21. The van der Waals surface area contributed by atoms with E-state index in [1.54, 1.807) is 0 Å². The van der Waals surface area contributed by atoms with Gasteiger partial charge in [-0.05, 0) is 31.0 Å². The number of rotatable bonds is 10. The zero-order valence-electron chi connectivity index (χ0n) is 16.3. The minimum absolute atomic E-state index is 0.627. The fourth-order valence-corrected chi connectivity index (χ4v) is 2.84. The van der Waals surface area contributed by atoms with Crippen LogP contribution in [0.25, 0.3) is 5.65 Å². The Kier molecular flexibility index (Phi) is 7.81. The van der Waals surface area contributed by atoms with Gasteiger partial charge in [0.2, 0.25) is 0 Å². The normalized spacial score (nSPS) is 11.7. The van der Waals surface area contributed by atoms with E-state index in [9.17, 15) is 0 Å². The number of fused-ring (bicyclic) bond motifs is 1. The van der Waals surface area contributed by atoms with Gasteiger partial charge in [-0.2, -0.15) is 0 Å². The molecule has 0 aliphatic carbocycles. The number of guanidine groups is 1. The second-order valence-corrected chi connectivity index (χ2v) is 6.37. The van der Waals surface area contributed by atoms with Crippen LogP contribution in [0, 0.1) is 0 Å². The number of nitrogens with one attached hydrogen (secondary N) is 2. The third kappa shape index (κ3) is 6.06. The number of benzene rings is 1. The summed E-state index contributed by atoms with van der Waals surface area (Å²) in [5.41, 5.74) is 2.07. The first kappa shape index (κ1) is 19.8. The Balaban J connectivity index is 1.37. The predicted molar refractivity (Wildman–Crippen MR) is 111 cm³/mol. The monoisotopic (exact) mass is 380 g/mol. The van der Waals surface area contributed by atoms with Crippen molar-refractivity contribution < 1.29 is 4.74 Å². The standard InChI is InChI=1S/C21H28N6O/c1-2-22-21(24-14-16-28-17-18-9-4-3-5-10-18)23-13-8-12-20-26-25-19-11-6-7-15-27(19)20/h3-7,9-11,15H,2,8,12-14,16-17H2,1H3,(H2,22,23,24). The molecular weight excluding hydrogens is 352 g/mol. The summed E-state index contributed by atoms with van der Waals surface area (Å²) in [6.45, 7) is 5.58. The number of nitrogens with zero attached hydrogens (tertiary/aromatic N) is 4. The van der Waals surface area contributed by atoms with Gasteiger partial charge in [-0.15, -0.1) is 10.2 Å². The maximum atomic E-state index is 5.70. The summed E-state index contributed by atoms with van der Waals surface area (Å²) < 4.78 is 7.73. The SMILES string of the molecule is CCNC(=NCCCc1nnc2ccccn12)NCCOCc1ccccc1. The van der Waals surface area contributed by atoms with Crippen molar-refractivity contribution in [1.82, 2.24) is 25.2 Å². The lowest BCUT2D eigenvalue weighted by atomic mass is 10.2. The maximum absolute atomic E-state index is 5.70. The molecule has 148 valence electrons. The van der Waals surface area contributed by atoms with E-state index in [1.807, 2.05) is 47.0 Å². The van der Waals surface area contributed by atoms with Crippen molar-refractivity contribution in [2.24, 2.45) is 4.99 Å². The molecular formula is C21H28N6O. The molecule has 7 nitrogen and oxygen atoms in total. The van der Waals surface area contributed by atoms with Crippen LogP contribution in [0.15, 0.2) is 59.7 Å². The predicted octanol–water partition coefficient (Wildman–Crippen LogP) is 2.43. The number of aryl methyl sites for hydroxylation is 1. The summed E-state index contributed by atoms with van der Waals surface area (Å²) in [4.78, 5) is 4.63. The van der Waals surface area contributed by atoms with Gasteiger partial charge >= 0.3 is 0 Å². The Hall–Kier alpha value is -2.93. The molecule has 0 fully saturated rings. The van der Waals surface area contributed by atoms with E-state index in [1.165, 1.54) is 5.56 Å². The van der Waals surface area contributed by atoms with E-state index in [2.05, 4.69) is 44.9 Å². The Morgan fingerprint density at radius 3 is 2.79 bits per heavy atom. The molecule has 0 spiro atoms. The largest absolute Gasteiger partial charge is 0.375 e. The Labute approximate surface area is 165 Å². The van der Waals surface area contributed by atoms with Crippen LogP contribution in [0.2, 0.25) is 0 Å². The Morgan fingerprint density at radius 1 is 1.07 bits per heavy atom. The van der Waals surface area contributed by atoms with Gasteiger partial charge in [0.05, 0.1) is 13.2 Å². The van der Waals surface area contributed by atoms with E-state index in [0.29, 0.717) is 19.8 Å². The van der Waals surface area contributed by atoms with Gasteiger partial charge in [-0.1, -0.05) is 36.4 Å². The highest BCUT2D eigenvalue weighted by Gasteiger charge is 2.04. The van der Waals surface area contributed by atoms with Crippen molar-refractivity contribution in [1.29, 1.82) is 0 Å². The first-order chi connectivity index (χ1) is 13.9. The van der Waals surface area contributed by atoms with Crippen LogP contribution in [0.5, 0.6) is 0 Å². The molecule has 0 aliphatic heterocycles. The first-order valence-electron chi connectivity index (χ1n) is 9.79. The lowest BCUT2D eigenvalue weighted by molar-refractivity contribution is 0.125. The fraction of sp³-hybridized carbons (Fsp3) is 0.381. The van der Waals surface area contributed by atoms with E-state index < -0.39 is 0 Å². The second kappa shape index (κ2) is 11.0. The summed E-state index contributed by atoms with van der Waals surface area (Å²) in [6.07, 6.45) is 3.75. The van der Waals surface area contributed by atoms with Gasteiger partial charge in [-0.3, -0.25) is 9.39 Å². The van der Waals surface area contributed by atoms with Crippen LogP contribution in [0.4, 0.5) is 0 Å². The van der Waals surface area contributed by atoms with Crippen LogP contribution in [-0.4, -0.2) is 46.8 Å². The molecule has 7 heteroatoms. The highest BCUT2D eigenvalue weighted by atomic mass is 16.5. The average molecular weight is 380 g/mol. The summed E-state index contributed by atoms with van der Waals surface area (Å²) in [7, 11) is 0. The van der Waals surface area contributed by atoms with Gasteiger partial charge in [0.15, 0.2) is 11.6 Å². The van der Waals surface area contributed by atoms with Gasteiger partial charge in [0, 0.05) is 32.3 Å². The average Bonchev–Trinajstić information content (AvgIpc) is 3.15. The third-order valence-electron chi connectivity index (χ3n) is 4.21. The van der Waals surface area contributed by atoms with E-state index in [4.69, 9.17) is 4.74 Å². The molecule has 0 bridgehead atoms. The smallest absolute Gasteiger partial charge is 0.191 e. The molecule has 1 aromatic carbocycles. The van der Waals surface area contributed by atoms with Crippen LogP contribution in [0.1, 0.15) is 24.7 Å². The summed E-state index contributed by atoms with van der Waals surface area (Å²) >= 11 is 0. The quantitative estimate of drug-likeness (QED) is 0.321. The molecule has 3 aromatic rings. The van der Waals surface area contributed by atoms with E-state index >= 15 is 0 Å². The molecule has 2 heterocycles. The molecule has 0 aliphatic rings. The molecule has 2 aromatic heterocycles. The molecule has 0 saturated carbocycles.